The van der Waals surface area contributed by atoms with Crippen molar-refractivity contribution >= 4 is 28.6 Å². The highest BCUT2D eigenvalue weighted by Gasteiger charge is 2.31. The standard InChI is InChI=1S/C21H30N4O6S/c1-14-9-17-16(5-6-23-17)19(10-14)30-12-15(26)11-22-7-8-24-21(27)13-32-20-4-2-3-18(20)31-25(28)29/h5-6,9-10,15,18,20,22-23,26H,2-4,7-8,11-13H2,1H3,(H,24,27)/t15?,18-,20-/m1/s1. The molecule has 10 nitrogen and oxygen atoms in total. The molecule has 11 heteroatoms. The maximum absolute atomic E-state index is 12.0. The van der Waals surface area contributed by atoms with E-state index >= 15 is 0 Å². The molecule has 0 spiro atoms. The van der Waals surface area contributed by atoms with Gasteiger partial charge in [-0.05, 0) is 43.5 Å². The fourth-order valence-electron chi connectivity index (χ4n) is 3.74. The summed E-state index contributed by atoms with van der Waals surface area (Å²) in [6.45, 7) is 3.43. The minimum Gasteiger partial charge on any atom is -0.490 e. The van der Waals surface area contributed by atoms with Crippen molar-refractivity contribution in [1.82, 2.24) is 15.6 Å². The molecule has 1 fully saturated rings. The van der Waals surface area contributed by atoms with Crippen molar-refractivity contribution in [2.45, 2.75) is 43.6 Å². The van der Waals surface area contributed by atoms with E-state index in [2.05, 4.69) is 20.5 Å². The number of carbonyl (C=O) groups excluding carboxylic acids is 1. The number of nitrogens with one attached hydrogen (secondary N) is 3. The molecular formula is C21H30N4O6S. The highest BCUT2D eigenvalue weighted by atomic mass is 32.2. The Morgan fingerprint density at radius 1 is 1.41 bits per heavy atom. The minimum absolute atomic E-state index is 0.0275. The lowest BCUT2D eigenvalue weighted by atomic mass is 10.1. The first kappa shape index (κ1) is 24.1. The third-order valence-electron chi connectivity index (χ3n) is 5.25. The Morgan fingerprint density at radius 2 is 2.25 bits per heavy atom. The van der Waals surface area contributed by atoms with Crippen LogP contribution in [-0.2, 0) is 9.63 Å². The summed E-state index contributed by atoms with van der Waals surface area (Å²) in [7, 11) is 0. The summed E-state index contributed by atoms with van der Waals surface area (Å²) in [5, 5.41) is 26.8. The van der Waals surface area contributed by atoms with E-state index in [1.54, 1.807) is 0 Å². The molecule has 2 aromatic rings. The molecule has 1 saturated carbocycles. The van der Waals surface area contributed by atoms with E-state index in [1.165, 1.54) is 11.8 Å². The lowest BCUT2D eigenvalue weighted by molar-refractivity contribution is -0.767. The van der Waals surface area contributed by atoms with E-state index in [-0.39, 0.29) is 23.5 Å². The third-order valence-corrected chi connectivity index (χ3v) is 6.65. The number of carbonyl (C=O) groups is 1. The maximum atomic E-state index is 12.0. The van der Waals surface area contributed by atoms with E-state index < -0.39 is 17.3 Å². The van der Waals surface area contributed by atoms with E-state index in [1.807, 2.05) is 31.3 Å². The summed E-state index contributed by atoms with van der Waals surface area (Å²) in [5.41, 5.74) is 2.07. The Labute approximate surface area is 190 Å². The Morgan fingerprint density at radius 3 is 3.06 bits per heavy atom. The molecule has 1 aromatic carbocycles. The second-order valence-corrected chi connectivity index (χ2v) is 9.10. The molecule has 1 heterocycles. The fourth-order valence-corrected chi connectivity index (χ4v) is 4.94. The zero-order valence-corrected chi connectivity index (χ0v) is 18.9. The highest BCUT2D eigenvalue weighted by molar-refractivity contribution is 8.00. The van der Waals surface area contributed by atoms with Crippen molar-refractivity contribution in [1.29, 1.82) is 0 Å². The topological polar surface area (TPSA) is 139 Å². The van der Waals surface area contributed by atoms with Crippen LogP contribution >= 0.6 is 11.8 Å². The Hall–Kier alpha value is -2.50. The summed E-state index contributed by atoms with van der Waals surface area (Å²) in [6.07, 6.45) is 3.08. The zero-order valence-electron chi connectivity index (χ0n) is 18.0. The predicted molar refractivity (Wildman–Crippen MR) is 122 cm³/mol. The zero-order chi connectivity index (χ0) is 22.9. The van der Waals surface area contributed by atoms with Crippen molar-refractivity contribution in [2.24, 2.45) is 0 Å². The van der Waals surface area contributed by atoms with E-state index in [4.69, 9.17) is 4.74 Å². The van der Waals surface area contributed by atoms with Gasteiger partial charge in [0.05, 0.1) is 5.75 Å². The van der Waals surface area contributed by atoms with Crippen LogP contribution in [0.3, 0.4) is 0 Å². The Bertz CT molecular complexity index is 908. The lowest BCUT2D eigenvalue weighted by Crippen LogP contribution is -2.37. The molecule has 32 heavy (non-hydrogen) atoms. The lowest BCUT2D eigenvalue weighted by Gasteiger charge is -2.17. The largest absolute Gasteiger partial charge is 0.490 e. The molecule has 0 bridgehead atoms. The second-order valence-electron chi connectivity index (χ2n) is 7.87. The SMILES string of the molecule is Cc1cc(OCC(O)CNCCNC(=O)CS[C@@H]2CCC[C@H]2O[N+](=O)[O-])c2cc[nH]c2c1. The molecule has 1 aromatic heterocycles. The number of thioether (sulfide) groups is 1. The average molecular weight is 467 g/mol. The number of aliphatic hydroxyl groups is 1. The monoisotopic (exact) mass is 466 g/mol. The molecule has 0 radical (unpaired) electrons. The Kier molecular flexibility index (Phi) is 9.00. The normalized spacial score (nSPS) is 19.1. The fraction of sp³-hybridized carbons (Fsp3) is 0.571. The summed E-state index contributed by atoms with van der Waals surface area (Å²) >= 11 is 1.40. The van der Waals surface area contributed by atoms with Crippen molar-refractivity contribution in [3.63, 3.8) is 0 Å². The number of benzene rings is 1. The number of aliphatic hydroxyl groups excluding tert-OH is 1. The van der Waals surface area contributed by atoms with Crippen LogP contribution in [0.5, 0.6) is 5.75 Å². The van der Waals surface area contributed by atoms with Gasteiger partial charge in [-0.1, -0.05) is 6.42 Å². The van der Waals surface area contributed by atoms with Gasteiger partial charge in [-0.3, -0.25) is 4.79 Å². The van der Waals surface area contributed by atoms with E-state index in [0.29, 0.717) is 26.1 Å². The molecular weight excluding hydrogens is 436 g/mol. The number of H-pyrrole nitrogens is 1. The van der Waals surface area contributed by atoms with Crippen LogP contribution in [-0.4, -0.2) is 70.5 Å². The predicted octanol–water partition coefficient (Wildman–Crippen LogP) is 1.78. The summed E-state index contributed by atoms with van der Waals surface area (Å²) < 4.78 is 5.79. The van der Waals surface area contributed by atoms with Crippen LogP contribution in [0.1, 0.15) is 24.8 Å². The number of aryl methyl sites for hydroxylation is 1. The number of fused-ring (bicyclic) bond motifs is 1. The molecule has 4 N–H and O–H groups in total. The molecule has 3 rings (SSSR count). The summed E-state index contributed by atoms with van der Waals surface area (Å²) in [5.74, 6) is 0.851. The molecule has 0 aliphatic heterocycles. The van der Waals surface area contributed by atoms with Gasteiger partial charge in [0, 0.05) is 42.0 Å². The third kappa shape index (κ3) is 7.28. The molecule has 1 aliphatic carbocycles. The van der Waals surface area contributed by atoms with Crippen LogP contribution in [0.25, 0.3) is 10.9 Å². The average Bonchev–Trinajstić information content (AvgIpc) is 3.39. The quantitative estimate of drug-likeness (QED) is 0.199. The van der Waals surface area contributed by atoms with Gasteiger partial charge in [-0.15, -0.1) is 21.9 Å². The van der Waals surface area contributed by atoms with Gasteiger partial charge in [0.25, 0.3) is 5.09 Å². The number of hydrogen-bond donors (Lipinski definition) is 4. The first-order chi connectivity index (χ1) is 15.4. The number of ether oxygens (including phenoxy) is 1. The first-order valence-corrected chi connectivity index (χ1v) is 11.8. The van der Waals surface area contributed by atoms with Crippen LogP contribution in [0.15, 0.2) is 24.4 Å². The summed E-state index contributed by atoms with van der Waals surface area (Å²) in [4.78, 5) is 30.4. The number of amides is 1. The molecule has 176 valence electrons. The van der Waals surface area contributed by atoms with E-state index in [0.717, 1.165) is 35.1 Å². The number of rotatable bonds is 13. The van der Waals surface area contributed by atoms with Crippen molar-refractivity contribution in [3.8, 4) is 5.75 Å². The summed E-state index contributed by atoms with van der Waals surface area (Å²) in [6, 6.07) is 5.93. The van der Waals surface area contributed by atoms with Crippen LogP contribution < -0.4 is 15.4 Å². The molecule has 1 unspecified atom stereocenters. The van der Waals surface area contributed by atoms with Gasteiger partial charge in [0.2, 0.25) is 5.91 Å². The van der Waals surface area contributed by atoms with Crippen molar-refractivity contribution < 1.29 is 24.6 Å². The van der Waals surface area contributed by atoms with Crippen molar-refractivity contribution in [2.75, 3.05) is 32.0 Å². The minimum atomic E-state index is -0.754. The van der Waals surface area contributed by atoms with Gasteiger partial charge in [-0.25, -0.2) is 0 Å². The number of aromatic nitrogens is 1. The first-order valence-electron chi connectivity index (χ1n) is 10.7. The van der Waals surface area contributed by atoms with E-state index in [9.17, 15) is 20.0 Å². The van der Waals surface area contributed by atoms with Gasteiger partial charge < -0.3 is 30.3 Å². The van der Waals surface area contributed by atoms with Gasteiger partial charge in [0.1, 0.15) is 24.6 Å². The number of hydrogen-bond acceptors (Lipinski definition) is 8. The van der Waals surface area contributed by atoms with Crippen LogP contribution in [0, 0.1) is 17.0 Å². The molecule has 1 aliphatic rings. The molecule has 1 amide bonds. The van der Waals surface area contributed by atoms with Gasteiger partial charge in [-0.2, -0.15) is 0 Å². The van der Waals surface area contributed by atoms with Gasteiger partial charge >= 0.3 is 0 Å². The highest BCUT2D eigenvalue weighted by Crippen LogP contribution is 2.32. The van der Waals surface area contributed by atoms with Gasteiger partial charge in [0.15, 0.2) is 0 Å². The van der Waals surface area contributed by atoms with Crippen LogP contribution in [0.2, 0.25) is 0 Å². The molecule has 3 atom stereocenters. The molecule has 0 saturated heterocycles. The Balaban J connectivity index is 1.26. The smallest absolute Gasteiger partial charge is 0.294 e. The van der Waals surface area contributed by atoms with Crippen molar-refractivity contribution in [3.05, 3.63) is 40.1 Å². The maximum Gasteiger partial charge on any atom is 0.294 e. The number of aromatic amines is 1. The second kappa shape index (κ2) is 11.9. The number of nitrogens with zero attached hydrogens (tertiary/aromatic N) is 1. The van der Waals surface area contributed by atoms with Crippen LogP contribution in [0.4, 0.5) is 0 Å².